The molecule has 0 radical (unpaired) electrons. The number of benzene rings is 2. The number of aromatic hydroxyl groups is 1. The number of thioether (sulfide) groups is 1. The summed E-state index contributed by atoms with van der Waals surface area (Å²) in [6.07, 6.45) is 0. The lowest BCUT2D eigenvalue weighted by Crippen LogP contribution is -2.18. The first-order chi connectivity index (χ1) is 11.6. The van der Waals surface area contributed by atoms with E-state index in [4.69, 9.17) is 16.0 Å². The lowest BCUT2D eigenvalue weighted by atomic mass is 9.88. The minimum absolute atomic E-state index is 0.114. The van der Waals surface area contributed by atoms with Crippen LogP contribution in [-0.2, 0) is 0 Å². The minimum Gasteiger partial charge on any atom is -0.508 e. The topological polar surface area (TPSA) is 50.4 Å². The molecule has 3 nitrogen and oxygen atoms in total. The SMILES string of the molecule is C=C1c2c(c3ccccc3oc2=O)SCC1c1ccc(Cl)cc1O. The Kier molecular flexibility index (Phi) is 3.66. The van der Waals surface area contributed by atoms with Crippen LogP contribution in [-0.4, -0.2) is 10.9 Å². The first kappa shape index (κ1) is 15.4. The summed E-state index contributed by atoms with van der Waals surface area (Å²) in [4.78, 5) is 13.4. The zero-order valence-corrected chi connectivity index (χ0v) is 14.2. The Morgan fingerprint density at radius 3 is 2.83 bits per heavy atom. The fourth-order valence-corrected chi connectivity index (χ4v) is 4.64. The molecule has 0 saturated heterocycles. The quantitative estimate of drug-likeness (QED) is 0.619. The van der Waals surface area contributed by atoms with Crippen molar-refractivity contribution in [1.29, 1.82) is 0 Å². The smallest absolute Gasteiger partial charge is 0.345 e. The van der Waals surface area contributed by atoms with Gasteiger partial charge < -0.3 is 9.52 Å². The van der Waals surface area contributed by atoms with Crippen LogP contribution in [0.15, 0.2) is 63.2 Å². The number of fused-ring (bicyclic) bond motifs is 3. The molecule has 3 aromatic rings. The van der Waals surface area contributed by atoms with E-state index in [1.165, 1.54) is 6.07 Å². The fraction of sp³-hybridized carbons (Fsp3) is 0.105. The van der Waals surface area contributed by atoms with E-state index in [0.29, 0.717) is 27.5 Å². The molecule has 0 aliphatic carbocycles. The Labute approximate surface area is 147 Å². The monoisotopic (exact) mass is 356 g/mol. The van der Waals surface area contributed by atoms with Gasteiger partial charge in [-0.2, -0.15) is 0 Å². The molecule has 24 heavy (non-hydrogen) atoms. The molecule has 1 aliphatic rings. The minimum atomic E-state index is -0.389. The van der Waals surface area contributed by atoms with Crippen LogP contribution in [0.25, 0.3) is 16.5 Å². The van der Waals surface area contributed by atoms with Crippen molar-refractivity contribution in [2.75, 3.05) is 5.75 Å². The third-order valence-corrected chi connectivity index (χ3v) is 5.72. The molecule has 0 saturated carbocycles. The summed E-state index contributed by atoms with van der Waals surface area (Å²) in [7, 11) is 0. The van der Waals surface area contributed by atoms with Crippen LogP contribution in [0.4, 0.5) is 0 Å². The molecule has 1 aliphatic heterocycles. The van der Waals surface area contributed by atoms with Crippen LogP contribution in [0.5, 0.6) is 5.75 Å². The lowest BCUT2D eigenvalue weighted by Gasteiger charge is -2.27. The average molecular weight is 357 g/mol. The lowest BCUT2D eigenvalue weighted by molar-refractivity contribution is 0.467. The van der Waals surface area contributed by atoms with Gasteiger partial charge in [-0.05, 0) is 23.8 Å². The van der Waals surface area contributed by atoms with E-state index in [1.807, 2.05) is 18.2 Å². The molecule has 120 valence electrons. The van der Waals surface area contributed by atoms with Gasteiger partial charge in [-0.1, -0.05) is 42.4 Å². The molecule has 2 heterocycles. The number of para-hydroxylation sites is 1. The summed E-state index contributed by atoms with van der Waals surface area (Å²) >= 11 is 7.50. The molecule has 4 rings (SSSR count). The maximum absolute atomic E-state index is 12.5. The molecule has 0 bridgehead atoms. The van der Waals surface area contributed by atoms with E-state index >= 15 is 0 Å². The number of hydrogen-bond donors (Lipinski definition) is 1. The van der Waals surface area contributed by atoms with Gasteiger partial charge in [0.15, 0.2) is 0 Å². The van der Waals surface area contributed by atoms with E-state index in [9.17, 15) is 9.90 Å². The summed E-state index contributed by atoms with van der Waals surface area (Å²) < 4.78 is 5.45. The molecule has 0 spiro atoms. The van der Waals surface area contributed by atoms with Crippen molar-refractivity contribution in [2.45, 2.75) is 10.8 Å². The highest BCUT2D eigenvalue weighted by Gasteiger charge is 2.30. The van der Waals surface area contributed by atoms with Crippen LogP contribution in [0.2, 0.25) is 5.02 Å². The van der Waals surface area contributed by atoms with Gasteiger partial charge in [-0.3, -0.25) is 0 Å². The van der Waals surface area contributed by atoms with Crippen LogP contribution in [0.3, 0.4) is 0 Å². The Morgan fingerprint density at radius 2 is 2.04 bits per heavy atom. The number of phenols is 1. The van der Waals surface area contributed by atoms with E-state index in [1.54, 1.807) is 30.0 Å². The number of halogens is 1. The third kappa shape index (κ3) is 2.34. The number of allylic oxidation sites excluding steroid dienone is 1. The van der Waals surface area contributed by atoms with Crippen molar-refractivity contribution in [1.82, 2.24) is 0 Å². The molecule has 1 unspecified atom stereocenters. The second-order valence-electron chi connectivity index (χ2n) is 5.68. The second kappa shape index (κ2) is 5.72. The molecule has 1 atom stereocenters. The average Bonchev–Trinajstić information content (AvgIpc) is 2.56. The summed E-state index contributed by atoms with van der Waals surface area (Å²) in [5.41, 5.74) is 2.08. The molecule has 1 N–H and O–H groups in total. The van der Waals surface area contributed by atoms with Crippen molar-refractivity contribution in [3.63, 3.8) is 0 Å². The molecular formula is C19H13ClO3S. The van der Waals surface area contributed by atoms with E-state index in [0.717, 1.165) is 15.8 Å². The van der Waals surface area contributed by atoms with Gasteiger partial charge in [0.05, 0.1) is 5.56 Å². The maximum atomic E-state index is 12.5. The summed E-state index contributed by atoms with van der Waals surface area (Å²) in [5.74, 6) is 0.640. The normalized spacial score (nSPS) is 17.0. The highest BCUT2D eigenvalue weighted by atomic mass is 35.5. The maximum Gasteiger partial charge on any atom is 0.345 e. The standard InChI is InChI=1S/C19H13ClO3S/c1-10-14(12-7-6-11(20)8-15(12)21)9-24-18-13-4-2-3-5-16(13)23-19(22)17(10)18/h2-8,14,21H,1,9H2. The van der Waals surface area contributed by atoms with Crippen LogP contribution >= 0.6 is 23.4 Å². The first-order valence-corrected chi connectivity index (χ1v) is 8.79. The van der Waals surface area contributed by atoms with Crippen molar-refractivity contribution in [3.05, 3.63) is 75.6 Å². The number of phenolic OH excluding ortho intramolecular Hbond substituents is 1. The molecule has 1 aromatic heterocycles. The van der Waals surface area contributed by atoms with Gasteiger partial charge in [0.1, 0.15) is 11.3 Å². The Morgan fingerprint density at radius 1 is 1.25 bits per heavy atom. The molecule has 2 aromatic carbocycles. The second-order valence-corrected chi connectivity index (χ2v) is 7.15. The molecule has 5 heteroatoms. The molecular weight excluding hydrogens is 344 g/mol. The predicted molar refractivity (Wildman–Crippen MR) is 98.1 cm³/mol. The highest BCUT2D eigenvalue weighted by Crippen LogP contribution is 2.47. The van der Waals surface area contributed by atoms with E-state index < -0.39 is 0 Å². The molecule has 0 fully saturated rings. The van der Waals surface area contributed by atoms with Crippen molar-refractivity contribution >= 4 is 39.9 Å². The Hall–Kier alpha value is -2.17. The van der Waals surface area contributed by atoms with Crippen LogP contribution in [0.1, 0.15) is 17.0 Å². The number of hydrogen-bond acceptors (Lipinski definition) is 4. The predicted octanol–water partition coefficient (Wildman–Crippen LogP) is 5.05. The molecule has 0 amide bonds. The Balaban J connectivity index is 1.89. The van der Waals surface area contributed by atoms with Gasteiger partial charge >= 0.3 is 5.63 Å². The largest absolute Gasteiger partial charge is 0.508 e. The van der Waals surface area contributed by atoms with E-state index in [2.05, 4.69) is 6.58 Å². The summed E-state index contributed by atoms with van der Waals surface area (Å²) in [6, 6.07) is 12.5. The zero-order chi connectivity index (χ0) is 16.8. The summed E-state index contributed by atoms with van der Waals surface area (Å²) in [6.45, 7) is 4.13. The van der Waals surface area contributed by atoms with E-state index in [-0.39, 0.29) is 17.3 Å². The zero-order valence-electron chi connectivity index (χ0n) is 12.6. The summed E-state index contributed by atoms with van der Waals surface area (Å²) in [5, 5.41) is 11.6. The highest BCUT2D eigenvalue weighted by molar-refractivity contribution is 7.99. The first-order valence-electron chi connectivity index (χ1n) is 7.42. The fourth-order valence-electron chi connectivity index (χ4n) is 3.08. The van der Waals surface area contributed by atoms with Gasteiger partial charge in [-0.15, -0.1) is 11.8 Å². The van der Waals surface area contributed by atoms with Crippen LogP contribution < -0.4 is 5.63 Å². The van der Waals surface area contributed by atoms with Gasteiger partial charge in [0, 0.05) is 32.5 Å². The van der Waals surface area contributed by atoms with Crippen molar-refractivity contribution < 1.29 is 9.52 Å². The third-order valence-electron chi connectivity index (χ3n) is 4.27. The van der Waals surface area contributed by atoms with Crippen LogP contribution in [0, 0.1) is 0 Å². The Bertz CT molecular complexity index is 1040. The van der Waals surface area contributed by atoms with Crippen molar-refractivity contribution in [2.24, 2.45) is 0 Å². The number of rotatable bonds is 1. The van der Waals surface area contributed by atoms with Gasteiger partial charge in [0.2, 0.25) is 0 Å². The van der Waals surface area contributed by atoms with Gasteiger partial charge in [-0.25, -0.2) is 4.79 Å². The van der Waals surface area contributed by atoms with Gasteiger partial charge in [0.25, 0.3) is 0 Å². The van der Waals surface area contributed by atoms with Crippen molar-refractivity contribution in [3.8, 4) is 5.75 Å².